The van der Waals surface area contributed by atoms with Crippen molar-refractivity contribution >= 4 is 13.6 Å². The molecule has 0 unspecified atom stereocenters. The molecule has 114 valence electrons. The summed E-state index contributed by atoms with van der Waals surface area (Å²) >= 11 is 0. The average Bonchev–Trinajstić information content (AvgIpc) is 2.31. The van der Waals surface area contributed by atoms with E-state index >= 15 is 0 Å². The summed E-state index contributed by atoms with van der Waals surface area (Å²) in [6.07, 6.45) is 7.56. The van der Waals surface area contributed by atoms with Crippen LogP contribution >= 0.6 is 7.60 Å². The fraction of sp³-hybridized carbons (Fsp3) is 0.917. The van der Waals surface area contributed by atoms with Crippen LogP contribution in [0.3, 0.4) is 0 Å². The summed E-state index contributed by atoms with van der Waals surface area (Å²) < 4.78 is 15.4. The van der Waals surface area contributed by atoms with Gasteiger partial charge in [0.1, 0.15) is 0 Å². The molecule has 0 saturated carbocycles. The molecule has 0 aromatic rings. The minimum absolute atomic E-state index is 0.165. The zero-order chi connectivity index (χ0) is 14.6. The van der Waals surface area contributed by atoms with Crippen LogP contribution in [0.2, 0.25) is 0 Å². The Balaban J connectivity index is 3.27. The van der Waals surface area contributed by atoms with E-state index in [4.69, 9.17) is 14.5 Å². The van der Waals surface area contributed by atoms with Crippen molar-refractivity contribution in [2.75, 3.05) is 19.4 Å². The third-order valence-electron chi connectivity index (χ3n) is 2.60. The molecule has 0 atom stereocenters. The number of esters is 1. The minimum Gasteiger partial charge on any atom is -0.465 e. The van der Waals surface area contributed by atoms with Crippen molar-refractivity contribution in [3.05, 3.63) is 0 Å². The monoisotopic (exact) mass is 295 g/mol. The molecule has 7 heteroatoms. The van der Waals surface area contributed by atoms with Crippen LogP contribution in [-0.4, -0.2) is 35.2 Å². The van der Waals surface area contributed by atoms with Crippen LogP contribution in [0.25, 0.3) is 0 Å². The Morgan fingerprint density at radius 3 is 2.26 bits per heavy atom. The normalized spacial score (nSPS) is 11.5. The molecule has 0 fully saturated rings. The van der Waals surface area contributed by atoms with Crippen LogP contribution < -0.4 is 5.32 Å². The van der Waals surface area contributed by atoms with Gasteiger partial charge in [0.25, 0.3) is 0 Å². The lowest BCUT2D eigenvalue weighted by atomic mass is 10.1. The van der Waals surface area contributed by atoms with Gasteiger partial charge < -0.3 is 14.5 Å². The first-order chi connectivity index (χ1) is 8.95. The van der Waals surface area contributed by atoms with E-state index in [1.165, 1.54) is 25.7 Å². The third kappa shape index (κ3) is 15.5. The molecule has 0 radical (unpaired) electrons. The van der Waals surface area contributed by atoms with Crippen molar-refractivity contribution in [1.82, 2.24) is 5.32 Å². The van der Waals surface area contributed by atoms with Crippen LogP contribution in [0.5, 0.6) is 0 Å². The van der Waals surface area contributed by atoms with Crippen molar-refractivity contribution in [3.63, 3.8) is 0 Å². The zero-order valence-corrected chi connectivity index (χ0v) is 12.5. The highest BCUT2D eigenvalue weighted by Crippen LogP contribution is 2.31. The first-order valence-corrected chi connectivity index (χ1v) is 8.66. The van der Waals surface area contributed by atoms with E-state index in [1.807, 2.05) is 0 Å². The Kier molecular flexibility index (Phi) is 11.2. The second-order valence-electron chi connectivity index (χ2n) is 4.59. The highest BCUT2D eigenvalue weighted by molar-refractivity contribution is 7.51. The average molecular weight is 295 g/mol. The summed E-state index contributed by atoms with van der Waals surface area (Å²) in [5.41, 5.74) is 0. The molecule has 0 bridgehead atoms. The lowest BCUT2D eigenvalue weighted by Gasteiger charge is -2.07. The first-order valence-electron chi connectivity index (χ1n) is 6.86. The van der Waals surface area contributed by atoms with Gasteiger partial charge >= 0.3 is 13.6 Å². The Hall–Kier alpha value is -0.420. The topological polar surface area (TPSA) is 95.9 Å². The number of carbonyl (C=O) groups excluding carboxylic acids is 1. The van der Waals surface area contributed by atoms with Gasteiger partial charge in [-0.3, -0.25) is 14.7 Å². The molecule has 0 rings (SSSR count). The molecule has 3 N–H and O–H groups in total. The molecule has 6 nitrogen and oxygen atoms in total. The molecule has 0 aliphatic rings. The summed E-state index contributed by atoms with van der Waals surface area (Å²) in [5, 5.41) is 2.36. The summed E-state index contributed by atoms with van der Waals surface area (Å²) in [6.45, 7) is 2.39. The molecule has 0 amide bonds. The highest BCUT2D eigenvalue weighted by atomic mass is 31.2. The van der Waals surface area contributed by atoms with Gasteiger partial charge in [0.05, 0.1) is 19.4 Å². The molecule has 0 aliphatic heterocycles. The van der Waals surface area contributed by atoms with E-state index in [1.54, 1.807) is 0 Å². The van der Waals surface area contributed by atoms with E-state index in [0.717, 1.165) is 19.3 Å². The molecule has 0 aromatic carbocycles. The number of unbranched alkanes of at least 4 members (excludes halogenated alkanes) is 6. The molecule has 19 heavy (non-hydrogen) atoms. The van der Waals surface area contributed by atoms with E-state index in [-0.39, 0.29) is 6.54 Å². The lowest BCUT2D eigenvalue weighted by molar-refractivity contribution is -0.142. The third-order valence-corrected chi connectivity index (χ3v) is 3.23. The van der Waals surface area contributed by atoms with E-state index < -0.39 is 19.9 Å². The Bertz CT molecular complexity index is 279. The number of carbonyl (C=O) groups is 1. The molecule has 0 spiro atoms. The maximum absolute atomic E-state index is 11.2. The van der Waals surface area contributed by atoms with E-state index in [9.17, 15) is 9.36 Å². The van der Waals surface area contributed by atoms with E-state index in [0.29, 0.717) is 6.61 Å². The lowest BCUT2D eigenvalue weighted by Crippen LogP contribution is -2.25. The highest BCUT2D eigenvalue weighted by Gasteiger charge is 2.12. The van der Waals surface area contributed by atoms with Gasteiger partial charge in [-0.05, 0) is 6.42 Å². The number of nitrogens with one attached hydrogen (secondary N) is 1. The second-order valence-corrected chi connectivity index (χ2v) is 6.24. The maximum Gasteiger partial charge on any atom is 0.339 e. The molecular weight excluding hydrogens is 269 g/mol. The van der Waals surface area contributed by atoms with Gasteiger partial charge in [-0.15, -0.1) is 0 Å². The van der Waals surface area contributed by atoms with Gasteiger partial charge in [-0.1, -0.05) is 45.4 Å². The minimum atomic E-state index is -4.09. The van der Waals surface area contributed by atoms with Gasteiger partial charge in [0.2, 0.25) is 0 Å². The van der Waals surface area contributed by atoms with Gasteiger partial charge in [0, 0.05) is 0 Å². The Morgan fingerprint density at radius 2 is 1.68 bits per heavy atom. The number of ether oxygens (including phenoxy) is 1. The summed E-state index contributed by atoms with van der Waals surface area (Å²) in [4.78, 5) is 28.3. The van der Waals surface area contributed by atoms with Crippen LogP contribution in [0.15, 0.2) is 0 Å². The van der Waals surface area contributed by atoms with Crippen LogP contribution in [-0.2, 0) is 14.1 Å². The second kappa shape index (κ2) is 11.4. The maximum atomic E-state index is 11.2. The molecule has 0 heterocycles. The molecule has 0 aliphatic carbocycles. The van der Waals surface area contributed by atoms with Crippen molar-refractivity contribution in [2.24, 2.45) is 0 Å². The van der Waals surface area contributed by atoms with Crippen LogP contribution in [0.1, 0.15) is 51.9 Å². The van der Waals surface area contributed by atoms with Crippen molar-refractivity contribution in [3.8, 4) is 0 Å². The zero-order valence-electron chi connectivity index (χ0n) is 11.6. The van der Waals surface area contributed by atoms with Gasteiger partial charge in [0.15, 0.2) is 0 Å². The Morgan fingerprint density at radius 1 is 1.11 bits per heavy atom. The predicted molar refractivity (Wildman–Crippen MR) is 73.9 cm³/mol. The smallest absolute Gasteiger partial charge is 0.339 e. The fourth-order valence-electron chi connectivity index (χ4n) is 1.60. The van der Waals surface area contributed by atoms with Crippen LogP contribution in [0, 0.1) is 0 Å². The number of hydrogen-bond acceptors (Lipinski definition) is 4. The van der Waals surface area contributed by atoms with Crippen molar-refractivity contribution in [1.29, 1.82) is 0 Å². The summed E-state index contributed by atoms with van der Waals surface area (Å²) in [7, 11) is -4.09. The van der Waals surface area contributed by atoms with Crippen molar-refractivity contribution < 1.29 is 23.9 Å². The largest absolute Gasteiger partial charge is 0.465 e. The fourth-order valence-corrected chi connectivity index (χ4v) is 2.00. The molecule has 0 saturated heterocycles. The first kappa shape index (κ1) is 18.6. The van der Waals surface area contributed by atoms with Crippen LogP contribution in [0.4, 0.5) is 0 Å². The van der Waals surface area contributed by atoms with Crippen molar-refractivity contribution in [2.45, 2.75) is 51.9 Å². The standard InChI is InChI=1S/C12H26NO5P/c1-2-3-4-5-6-7-8-9-18-12(14)10-13-11-19(15,16)17/h13H,2-11H2,1H3,(H2,15,16,17). The SMILES string of the molecule is CCCCCCCCCOC(=O)CNCP(=O)(O)O. The summed E-state index contributed by atoms with van der Waals surface area (Å²) in [6, 6.07) is 0. The predicted octanol–water partition coefficient (Wildman–Crippen LogP) is 2.00. The van der Waals surface area contributed by atoms with Gasteiger partial charge in [-0.2, -0.15) is 0 Å². The van der Waals surface area contributed by atoms with E-state index in [2.05, 4.69) is 12.2 Å². The molecule has 0 aromatic heterocycles. The Labute approximate surface area is 115 Å². The molecular formula is C12H26NO5P. The number of rotatable bonds is 12. The van der Waals surface area contributed by atoms with Gasteiger partial charge in [-0.25, -0.2) is 0 Å². The summed E-state index contributed by atoms with van der Waals surface area (Å²) in [5.74, 6) is -0.473. The number of hydrogen-bond donors (Lipinski definition) is 3. The quantitative estimate of drug-likeness (QED) is 0.289.